The first-order chi connectivity index (χ1) is 6.27. The Bertz CT molecular complexity index is 180. The fourth-order valence-electron chi connectivity index (χ4n) is 1.43. The zero-order valence-electron chi connectivity index (χ0n) is 8.75. The van der Waals surface area contributed by atoms with Crippen LogP contribution in [0.2, 0.25) is 0 Å². The molecule has 0 aromatic carbocycles. The third kappa shape index (κ3) is 2.99. The van der Waals surface area contributed by atoms with Crippen molar-refractivity contribution in [3.8, 4) is 0 Å². The van der Waals surface area contributed by atoms with Gasteiger partial charge >= 0.3 is 0 Å². The fourth-order valence-corrected chi connectivity index (χ4v) is 1.43. The van der Waals surface area contributed by atoms with Gasteiger partial charge in [-0.25, -0.2) is 0 Å². The van der Waals surface area contributed by atoms with E-state index in [9.17, 15) is 0 Å². The average molecular weight is 185 g/mol. The van der Waals surface area contributed by atoms with Gasteiger partial charge in [-0.05, 0) is 13.3 Å². The molecule has 0 bridgehead atoms. The second-order valence-electron chi connectivity index (χ2n) is 3.64. The molecule has 1 fully saturated rings. The van der Waals surface area contributed by atoms with Gasteiger partial charge in [0.05, 0.1) is 18.4 Å². The van der Waals surface area contributed by atoms with Crippen molar-refractivity contribution in [2.75, 3.05) is 13.2 Å². The topological polar surface area (TPSA) is 30.8 Å². The van der Waals surface area contributed by atoms with Gasteiger partial charge in [-0.1, -0.05) is 25.4 Å². The lowest BCUT2D eigenvalue weighted by Gasteiger charge is -2.22. The normalized spacial score (nSPS) is 30.8. The molecule has 0 amide bonds. The van der Waals surface area contributed by atoms with Crippen molar-refractivity contribution in [2.45, 2.75) is 39.7 Å². The summed E-state index contributed by atoms with van der Waals surface area (Å²) in [6.45, 7) is 7.78. The first-order valence-corrected chi connectivity index (χ1v) is 5.08. The molecule has 76 valence electrons. The molecule has 3 heteroatoms. The Kier molecular flexibility index (Phi) is 4.22. The highest BCUT2D eigenvalue weighted by molar-refractivity contribution is 5.89. The number of nitrogens with zero attached hydrogens (tertiary/aromatic N) is 1. The molecule has 0 aromatic heterocycles. The lowest BCUT2D eigenvalue weighted by Crippen LogP contribution is -2.31. The third-order valence-corrected chi connectivity index (χ3v) is 2.06. The summed E-state index contributed by atoms with van der Waals surface area (Å²) in [7, 11) is 0. The molecule has 0 aromatic rings. The summed E-state index contributed by atoms with van der Waals surface area (Å²) < 4.78 is 5.38. The molecule has 1 saturated heterocycles. The molecular weight excluding hydrogens is 166 g/mol. The van der Waals surface area contributed by atoms with Gasteiger partial charge < -0.3 is 9.57 Å². The summed E-state index contributed by atoms with van der Waals surface area (Å²) >= 11 is 0. The summed E-state index contributed by atoms with van der Waals surface area (Å²) in [6, 6.07) is 0. The highest BCUT2D eigenvalue weighted by Gasteiger charge is 2.29. The van der Waals surface area contributed by atoms with Crippen LogP contribution in [0.4, 0.5) is 0 Å². The first-order valence-electron chi connectivity index (χ1n) is 5.08. The van der Waals surface area contributed by atoms with Crippen LogP contribution in [0.1, 0.15) is 33.6 Å². The minimum Gasteiger partial charge on any atom is -0.395 e. The van der Waals surface area contributed by atoms with E-state index in [0.717, 1.165) is 18.7 Å². The summed E-state index contributed by atoms with van der Waals surface area (Å²) in [5.41, 5.74) is 1.10. The minimum absolute atomic E-state index is 0.380. The first kappa shape index (κ1) is 10.5. The van der Waals surface area contributed by atoms with Crippen LogP contribution < -0.4 is 0 Å². The van der Waals surface area contributed by atoms with E-state index in [1.807, 2.05) is 0 Å². The van der Waals surface area contributed by atoms with E-state index < -0.39 is 0 Å². The number of hydrogen-bond acceptors (Lipinski definition) is 3. The van der Waals surface area contributed by atoms with Crippen LogP contribution in [0.3, 0.4) is 0 Å². The molecule has 0 spiro atoms. The second-order valence-corrected chi connectivity index (χ2v) is 3.64. The molecule has 0 N–H and O–H groups in total. The maximum absolute atomic E-state index is 5.38. The van der Waals surface area contributed by atoms with E-state index >= 15 is 0 Å². The number of ether oxygens (including phenoxy) is 1. The van der Waals surface area contributed by atoms with Crippen molar-refractivity contribution in [2.24, 2.45) is 11.1 Å². The number of oxime groups is 1. The van der Waals surface area contributed by atoms with Crippen molar-refractivity contribution >= 4 is 5.71 Å². The van der Waals surface area contributed by atoms with Crippen molar-refractivity contribution in [1.82, 2.24) is 0 Å². The smallest absolute Gasteiger partial charge is 0.125 e. The molecule has 2 aliphatic rings. The Morgan fingerprint density at radius 2 is 2.15 bits per heavy atom. The number of fused-ring (bicyclic) bond motifs is 1. The predicted molar refractivity (Wildman–Crippen MR) is 52.9 cm³/mol. The van der Waals surface area contributed by atoms with Gasteiger partial charge in [0, 0.05) is 5.92 Å². The van der Waals surface area contributed by atoms with Crippen LogP contribution in [0, 0.1) is 5.92 Å². The molecular formula is C10H19NO2. The van der Waals surface area contributed by atoms with Crippen molar-refractivity contribution in [1.29, 1.82) is 0 Å². The molecule has 2 heterocycles. The highest BCUT2D eigenvalue weighted by Crippen LogP contribution is 2.22. The van der Waals surface area contributed by atoms with Crippen LogP contribution in [-0.2, 0) is 9.57 Å². The van der Waals surface area contributed by atoms with E-state index in [4.69, 9.17) is 9.57 Å². The lowest BCUT2D eigenvalue weighted by atomic mass is 9.96. The third-order valence-electron chi connectivity index (χ3n) is 2.06. The van der Waals surface area contributed by atoms with Crippen molar-refractivity contribution < 1.29 is 9.57 Å². The molecule has 0 saturated carbocycles. The summed E-state index contributed by atoms with van der Waals surface area (Å²) in [6.07, 6.45) is 2.70. The van der Waals surface area contributed by atoms with E-state index in [1.165, 1.54) is 6.42 Å². The largest absolute Gasteiger partial charge is 0.395 e. The Morgan fingerprint density at radius 1 is 1.46 bits per heavy atom. The quantitative estimate of drug-likeness (QED) is 0.579. The van der Waals surface area contributed by atoms with E-state index in [-0.39, 0.29) is 0 Å². The lowest BCUT2D eigenvalue weighted by molar-refractivity contribution is 0.0572. The van der Waals surface area contributed by atoms with Crippen LogP contribution in [-0.4, -0.2) is 25.0 Å². The monoisotopic (exact) mass is 185 g/mol. The SMILES string of the molecule is CCC.C[C@H]1C[C@H]2CON=C2CO1. The molecule has 13 heavy (non-hydrogen) atoms. The fraction of sp³-hybridized carbons (Fsp3) is 0.900. The van der Waals surface area contributed by atoms with Crippen LogP contribution in [0.15, 0.2) is 5.16 Å². The zero-order chi connectivity index (χ0) is 9.68. The van der Waals surface area contributed by atoms with Crippen LogP contribution >= 0.6 is 0 Å². The minimum atomic E-state index is 0.380. The molecule has 2 aliphatic heterocycles. The molecule has 2 atom stereocenters. The Labute approximate surface area is 80.1 Å². The van der Waals surface area contributed by atoms with Crippen LogP contribution in [0.25, 0.3) is 0 Å². The maximum atomic E-state index is 5.38. The predicted octanol–water partition coefficient (Wildman–Crippen LogP) is 2.21. The van der Waals surface area contributed by atoms with E-state index in [2.05, 4.69) is 25.9 Å². The zero-order valence-corrected chi connectivity index (χ0v) is 8.75. The number of hydrogen-bond donors (Lipinski definition) is 0. The van der Waals surface area contributed by atoms with Crippen molar-refractivity contribution in [3.05, 3.63) is 0 Å². The van der Waals surface area contributed by atoms with Gasteiger partial charge in [0.2, 0.25) is 0 Å². The Morgan fingerprint density at radius 3 is 2.85 bits per heavy atom. The molecule has 2 rings (SSSR count). The highest BCUT2D eigenvalue weighted by atomic mass is 16.6. The van der Waals surface area contributed by atoms with Gasteiger partial charge in [0.25, 0.3) is 0 Å². The van der Waals surface area contributed by atoms with Gasteiger partial charge in [0.15, 0.2) is 0 Å². The summed E-state index contributed by atoms with van der Waals surface area (Å²) in [5, 5.41) is 3.88. The Hall–Kier alpha value is -0.570. The van der Waals surface area contributed by atoms with Crippen molar-refractivity contribution in [3.63, 3.8) is 0 Å². The van der Waals surface area contributed by atoms with E-state index in [1.54, 1.807) is 0 Å². The summed E-state index contributed by atoms with van der Waals surface area (Å²) in [4.78, 5) is 4.95. The molecule has 3 nitrogen and oxygen atoms in total. The van der Waals surface area contributed by atoms with Gasteiger partial charge in [0.1, 0.15) is 6.61 Å². The summed E-state index contributed by atoms with van der Waals surface area (Å²) in [5.74, 6) is 0.545. The van der Waals surface area contributed by atoms with Gasteiger partial charge in [-0.3, -0.25) is 0 Å². The molecule has 0 radical (unpaired) electrons. The molecule has 0 aliphatic carbocycles. The van der Waals surface area contributed by atoms with Gasteiger partial charge in [-0.15, -0.1) is 0 Å². The second kappa shape index (κ2) is 5.22. The Balaban J connectivity index is 0.000000251. The van der Waals surface area contributed by atoms with Gasteiger partial charge in [-0.2, -0.15) is 0 Å². The number of rotatable bonds is 0. The maximum Gasteiger partial charge on any atom is 0.125 e. The average Bonchev–Trinajstić information content (AvgIpc) is 2.52. The standard InChI is InChI=1S/C7H11NO2.C3H8/c1-5-2-6-3-10-8-7(6)4-9-5;1-3-2/h5-6H,2-4H2,1H3;3H2,1-2H3/t5-,6-;/m0./s1. The van der Waals surface area contributed by atoms with E-state index in [0.29, 0.717) is 18.6 Å². The van der Waals surface area contributed by atoms with Crippen LogP contribution in [0.5, 0.6) is 0 Å². The molecule has 0 unspecified atom stereocenters.